The normalized spacial score (nSPS) is 11.3. The van der Waals surface area contributed by atoms with E-state index >= 15 is 0 Å². The Morgan fingerprint density at radius 2 is 1.52 bits per heavy atom. The van der Waals surface area contributed by atoms with Crippen LogP contribution in [0.3, 0.4) is 0 Å². The maximum atomic E-state index is 10.5. The molecular weight excluding hydrogens is 387 g/mol. The summed E-state index contributed by atoms with van der Waals surface area (Å²) in [5.74, 6) is -1.19. The van der Waals surface area contributed by atoms with Gasteiger partial charge in [-0.2, -0.15) is 13.2 Å². The highest BCUT2D eigenvalue weighted by Gasteiger charge is 2.28. The number of para-hydroxylation sites is 2. The van der Waals surface area contributed by atoms with Crippen molar-refractivity contribution in [1.29, 1.82) is 0 Å². The maximum Gasteiger partial charge on any atom is 0.430 e. The zero-order valence-corrected chi connectivity index (χ0v) is 17.0. The van der Waals surface area contributed by atoms with E-state index < -0.39 is 12.1 Å². The lowest BCUT2D eigenvalue weighted by Gasteiger charge is -2.29. The Labute approximate surface area is 168 Å². The summed E-state index contributed by atoms with van der Waals surface area (Å²) in [5.41, 5.74) is 2.43. The van der Waals surface area contributed by atoms with Crippen LogP contribution in [0.4, 0.5) is 18.9 Å². The molecule has 0 atom stereocenters. The summed E-state index contributed by atoms with van der Waals surface area (Å²) in [6.07, 6.45) is -5.19. The van der Waals surface area contributed by atoms with E-state index in [0.29, 0.717) is 13.2 Å². The highest BCUT2D eigenvalue weighted by molar-refractivity contribution is 5.70. The van der Waals surface area contributed by atoms with Gasteiger partial charge in [0.05, 0.1) is 20.6 Å². The van der Waals surface area contributed by atoms with Gasteiger partial charge in [-0.15, -0.1) is 0 Å². The van der Waals surface area contributed by atoms with Gasteiger partial charge in [-0.25, -0.2) is 0 Å². The van der Waals surface area contributed by atoms with Crippen molar-refractivity contribution in [3.05, 3.63) is 54.1 Å². The van der Waals surface area contributed by atoms with Crippen molar-refractivity contribution < 1.29 is 32.5 Å². The average Bonchev–Trinajstić information content (AvgIpc) is 2.66. The summed E-state index contributed by atoms with van der Waals surface area (Å²) in [6.45, 7) is 6.33. The van der Waals surface area contributed by atoms with Crippen LogP contribution < -0.4 is 19.1 Å². The van der Waals surface area contributed by atoms with Crippen molar-refractivity contribution >= 4 is 11.7 Å². The van der Waals surface area contributed by atoms with Gasteiger partial charge in [-0.1, -0.05) is 29.8 Å². The summed E-state index contributed by atoms with van der Waals surface area (Å²) in [6, 6.07) is 16.3. The topological polar surface area (TPSA) is 58.6 Å². The third kappa shape index (κ3) is 8.43. The summed E-state index contributed by atoms with van der Waals surface area (Å²) in [5, 5.41) is 8.78. The van der Waals surface area contributed by atoms with Crippen molar-refractivity contribution in [3.8, 4) is 11.5 Å². The molecule has 29 heavy (non-hydrogen) atoms. The molecule has 0 spiro atoms. The van der Waals surface area contributed by atoms with Crippen molar-refractivity contribution in [2.45, 2.75) is 20.0 Å². The fourth-order valence-corrected chi connectivity index (χ4v) is 2.20. The number of quaternary nitrogens is 1. The van der Waals surface area contributed by atoms with Gasteiger partial charge >= 0.3 is 6.18 Å². The Balaban J connectivity index is 0.000000516. The number of nitrogens with zero attached hydrogens (tertiary/aromatic N) is 1. The van der Waals surface area contributed by atoms with E-state index in [9.17, 15) is 13.2 Å². The number of carboxylic acids is 1. The van der Waals surface area contributed by atoms with E-state index in [1.807, 2.05) is 36.4 Å². The van der Waals surface area contributed by atoms with Gasteiger partial charge in [-0.3, -0.25) is 4.48 Å². The molecule has 0 heterocycles. The summed E-state index contributed by atoms with van der Waals surface area (Å²) in [4.78, 5) is 8.78. The van der Waals surface area contributed by atoms with E-state index in [0.717, 1.165) is 22.5 Å². The zero-order chi connectivity index (χ0) is 22.1. The average molecular weight is 413 g/mol. The van der Waals surface area contributed by atoms with Gasteiger partial charge in [0.25, 0.3) is 0 Å². The van der Waals surface area contributed by atoms with Crippen molar-refractivity contribution in [3.63, 3.8) is 0 Å². The predicted molar refractivity (Wildman–Crippen MR) is 104 cm³/mol. The minimum Gasteiger partial charge on any atom is -0.542 e. The number of alkyl halides is 3. The second kappa shape index (κ2) is 10.7. The van der Waals surface area contributed by atoms with Gasteiger partial charge in [0, 0.05) is 6.07 Å². The van der Waals surface area contributed by atoms with E-state index in [1.165, 1.54) is 11.3 Å². The van der Waals surface area contributed by atoms with E-state index in [4.69, 9.17) is 19.4 Å². The number of carboxylic acid groups (broad SMARTS) is 1. The number of ether oxygens (including phenoxy) is 2. The molecule has 0 saturated heterocycles. The van der Waals surface area contributed by atoms with E-state index in [1.54, 1.807) is 0 Å². The van der Waals surface area contributed by atoms with Gasteiger partial charge in [0.2, 0.25) is 0 Å². The molecule has 0 aliphatic heterocycles. The molecule has 5 nitrogen and oxygen atoms in total. The lowest BCUT2D eigenvalue weighted by atomic mass is 10.2. The first kappa shape index (κ1) is 24.3. The van der Waals surface area contributed by atoms with Crippen LogP contribution in [0.15, 0.2) is 48.5 Å². The lowest BCUT2D eigenvalue weighted by molar-refractivity contribution is -0.344. The molecule has 0 fully saturated rings. The SMILES string of the molecule is CC[N+](C)(C)c1ccccc1OCCOc1ccc(C)cc1.O=C([O-])C(F)(F)F. The molecule has 0 aliphatic carbocycles. The van der Waals surface area contributed by atoms with Crippen LogP contribution in [-0.4, -0.2) is 46.0 Å². The van der Waals surface area contributed by atoms with Gasteiger partial charge in [0.15, 0.2) is 11.4 Å². The molecule has 0 amide bonds. The molecule has 2 aromatic carbocycles. The maximum absolute atomic E-state index is 10.5. The molecule has 0 aromatic heterocycles. The number of carbonyl (C=O) groups excluding carboxylic acids is 1. The number of aryl methyl sites for hydroxylation is 1. The van der Waals surface area contributed by atoms with Gasteiger partial charge in [0.1, 0.15) is 24.9 Å². The van der Waals surface area contributed by atoms with Gasteiger partial charge in [-0.05, 0) is 32.0 Å². The number of hydrogen-bond donors (Lipinski definition) is 0. The molecule has 0 radical (unpaired) electrons. The largest absolute Gasteiger partial charge is 0.542 e. The molecule has 0 bridgehead atoms. The monoisotopic (exact) mass is 413 g/mol. The molecule has 0 N–H and O–H groups in total. The van der Waals surface area contributed by atoms with Crippen LogP contribution in [0.1, 0.15) is 12.5 Å². The van der Waals surface area contributed by atoms with Crippen LogP contribution in [0.25, 0.3) is 0 Å². The van der Waals surface area contributed by atoms with Crippen molar-refractivity contribution in [1.82, 2.24) is 4.48 Å². The molecule has 0 saturated carbocycles. The van der Waals surface area contributed by atoms with Crippen LogP contribution in [0.5, 0.6) is 11.5 Å². The fraction of sp³-hybridized carbons (Fsp3) is 0.381. The minimum atomic E-state index is -5.19. The number of benzene rings is 2. The van der Waals surface area contributed by atoms with E-state index in [2.05, 4.69) is 40.1 Å². The second-order valence-electron chi connectivity index (χ2n) is 6.76. The Bertz CT molecular complexity index is 774. The molecule has 2 rings (SSSR count). The highest BCUT2D eigenvalue weighted by atomic mass is 19.4. The number of halogens is 3. The molecule has 0 unspecified atom stereocenters. The van der Waals surface area contributed by atoms with Gasteiger partial charge < -0.3 is 19.4 Å². The number of rotatable bonds is 7. The molecular formula is C21H26F3NO4. The smallest absolute Gasteiger partial charge is 0.430 e. The number of carbonyl (C=O) groups is 1. The number of hydrogen-bond acceptors (Lipinski definition) is 4. The first-order valence-corrected chi connectivity index (χ1v) is 9.00. The van der Waals surface area contributed by atoms with Crippen LogP contribution in [0, 0.1) is 6.92 Å². The first-order valence-electron chi connectivity index (χ1n) is 9.00. The quantitative estimate of drug-likeness (QED) is 0.516. The van der Waals surface area contributed by atoms with Crippen LogP contribution >= 0.6 is 0 Å². The third-order valence-electron chi connectivity index (χ3n) is 4.17. The molecule has 0 aliphatic rings. The summed E-state index contributed by atoms with van der Waals surface area (Å²) in [7, 11) is 4.37. The van der Waals surface area contributed by atoms with Crippen LogP contribution in [0.2, 0.25) is 0 Å². The lowest BCUT2D eigenvalue weighted by Crippen LogP contribution is -2.40. The zero-order valence-electron chi connectivity index (χ0n) is 17.0. The Morgan fingerprint density at radius 3 is 2.03 bits per heavy atom. The third-order valence-corrected chi connectivity index (χ3v) is 4.17. The van der Waals surface area contributed by atoms with Crippen molar-refractivity contribution in [2.24, 2.45) is 0 Å². The summed E-state index contributed by atoms with van der Waals surface area (Å²) >= 11 is 0. The van der Waals surface area contributed by atoms with Crippen molar-refractivity contribution in [2.75, 3.05) is 33.9 Å². The molecule has 2 aromatic rings. The molecule has 8 heteroatoms. The second-order valence-corrected chi connectivity index (χ2v) is 6.76. The Kier molecular flexibility index (Phi) is 8.97. The first-order chi connectivity index (χ1) is 13.5. The minimum absolute atomic E-state index is 0.536. The van der Waals surface area contributed by atoms with E-state index in [-0.39, 0.29) is 0 Å². The predicted octanol–water partition coefficient (Wildman–Crippen LogP) is 3.34. The highest BCUT2D eigenvalue weighted by Crippen LogP contribution is 2.30. The fourth-order valence-electron chi connectivity index (χ4n) is 2.20. The summed E-state index contributed by atoms with van der Waals surface area (Å²) < 4.78 is 44.0. The Morgan fingerprint density at radius 1 is 1.00 bits per heavy atom. The molecule has 160 valence electrons. The standard InChI is InChI=1S/C19H26NO2.C2HF3O2/c1-5-20(3,4)18-8-6-7-9-19(18)22-15-14-21-17-12-10-16(2)11-13-17;3-2(4,5)1(6)7/h6-13H,5,14-15H2,1-4H3;(H,6,7)/q+1;/p-1. The Hall–Kier alpha value is -2.74. The van der Waals surface area contributed by atoms with Crippen LogP contribution in [-0.2, 0) is 4.79 Å². The number of aliphatic carboxylic acids is 1.